The van der Waals surface area contributed by atoms with Gasteiger partial charge in [-0.15, -0.1) is 0 Å². The van der Waals surface area contributed by atoms with Gasteiger partial charge < -0.3 is 9.47 Å². The van der Waals surface area contributed by atoms with Gasteiger partial charge in [0, 0.05) is 5.56 Å². The van der Waals surface area contributed by atoms with E-state index < -0.39 is 13.9 Å². The molecule has 0 saturated carbocycles. The van der Waals surface area contributed by atoms with Crippen molar-refractivity contribution in [3.8, 4) is 0 Å². The summed E-state index contributed by atoms with van der Waals surface area (Å²) in [6, 6.07) is 8.67. The quantitative estimate of drug-likeness (QED) is 0.734. The van der Waals surface area contributed by atoms with E-state index in [2.05, 4.69) is 43.9 Å². The Kier molecular flexibility index (Phi) is 2.95. The van der Waals surface area contributed by atoms with Crippen molar-refractivity contribution in [2.45, 2.75) is 32.4 Å². The van der Waals surface area contributed by atoms with Gasteiger partial charge in [-0.1, -0.05) is 49.1 Å². The van der Waals surface area contributed by atoms with Gasteiger partial charge >= 0.3 is 0 Å². The van der Waals surface area contributed by atoms with Gasteiger partial charge in [-0.05, 0) is 6.92 Å². The van der Waals surface area contributed by atoms with Crippen molar-refractivity contribution in [1.29, 1.82) is 0 Å². The van der Waals surface area contributed by atoms with Crippen molar-refractivity contribution in [2.24, 2.45) is 0 Å². The van der Waals surface area contributed by atoms with E-state index in [-0.39, 0.29) is 0 Å². The molecule has 1 heterocycles. The summed E-state index contributed by atoms with van der Waals surface area (Å²) in [6.45, 7) is 10.4. The molecule has 0 spiro atoms. The summed E-state index contributed by atoms with van der Waals surface area (Å²) in [5, 5.41) is 1.45. The highest BCUT2D eigenvalue weighted by molar-refractivity contribution is 6.88. The van der Waals surface area contributed by atoms with E-state index in [1.54, 1.807) is 0 Å². The average molecular weight is 236 g/mol. The smallest absolute Gasteiger partial charge is 0.192 e. The molecular formula is C13H20O2Si. The van der Waals surface area contributed by atoms with Gasteiger partial charge in [-0.2, -0.15) is 0 Å². The van der Waals surface area contributed by atoms with Gasteiger partial charge in [0.25, 0.3) is 0 Å². The fourth-order valence-corrected chi connectivity index (χ4v) is 3.13. The van der Waals surface area contributed by atoms with Gasteiger partial charge in [0.15, 0.2) is 5.79 Å². The minimum absolute atomic E-state index is 0.532. The van der Waals surface area contributed by atoms with E-state index >= 15 is 0 Å². The monoisotopic (exact) mass is 236 g/mol. The standard InChI is InChI=1S/C13H20O2Si/c1-13(14-8-9-15-13)11-6-5-7-12(10-11)16(2,3)4/h5-7,10H,8-9H2,1-4H3. The van der Waals surface area contributed by atoms with Crippen LogP contribution in [-0.4, -0.2) is 21.3 Å². The third-order valence-electron chi connectivity index (χ3n) is 3.09. The second-order valence-corrected chi connectivity index (χ2v) is 10.6. The maximum Gasteiger partial charge on any atom is 0.192 e. The highest BCUT2D eigenvalue weighted by Gasteiger charge is 2.33. The van der Waals surface area contributed by atoms with E-state index in [1.165, 1.54) is 5.19 Å². The lowest BCUT2D eigenvalue weighted by atomic mass is 10.1. The molecule has 1 aliphatic heterocycles. The summed E-state index contributed by atoms with van der Waals surface area (Å²) in [5.74, 6) is -0.532. The highest BCUT2D eigenvalue weighted by atomic mass is 28.3. The van der Waals surface area contributed by atoms with E-state index in [0.29, 0.717) is 13.2 Å². The molecule has 3 heteroatoms. The summed E-state index contributed by atoms with van der Waals surface area (Å²) >= 11 is 0. The van der Waals surface area contributed by atoms with Crippen molar-refractivity contribution in [3.63, 3.8) is 0 Å². The molecule has 0 atom stereocenters. The molecule has 0 N–H and O–H groups in total. The first kappa shape index (κ1) is 11.8. The lowest BCUT2D eigenvalue weighted by molar-refractivity contribution is -0.149. The Morgan fingerprint density at radius 3 is 2.31 bits per heavy atom. The maximum absolute atomic E-state index is 5.69. The Morgan fingerprint density at radius 2 is 1.75 bits per heavy atom. The van der Waals surface area contributed by atoms with Crippen LogP contribution in [0.5, 0.6) is 0 Å². The Morgan fingerprint density at radius 1 is 1.12 bits per heavy atom. The summed E-state index contributed by atoms with van der Waals surface area (Å²) in [5.41, 5.74) is 1.14. The fraction of sp³-hybridized carbons (Fsp3) is 0.538. The molecule has 0 aliphatic carbocycles. The third-order valence-corrected chi connectivity index (χ3v) is 5.13. The molecule has 0 radical (unpaired) electrons. The zero-order chi connectivity index (χ0) is 11.8. The molecule has 2 rings (SSSR count). The van der Waals surface area contributed by atoms with Crippen molar-refractivity contribution >= 4 is 13.3 Å². The Bertz CT molecular complexity index is 376. The third kappa shape index (κ3) is 2.21. The summed E-state index contributed by atoms with van der Waals surface area (Å²) in [6.07, 6.45) is 0. The Balaban J connectivity index is 2.36. The van der Waals surface area contributed by atoms with Gasteiger partial charge in [-0.25, -0.2) is 0 Å². The number of benzene rings is 1. The zero-order valence-corrected chi connectivity index (χ0v) is 11.5. The van der Waals surface area contributed by atoms with Gasteiger partial charge in [0.1, 0.15) is 0 Å². The topological polar surface area (TPSA) is 18.5 Å². The van der Waals surface area contributed by atoms with Crippen LogP contribution in [0.1, 0.15) is 12.5 Å². The summed E-state index contributed by atoms with van der Waals surface area (Å²) in [7, 11) is -1.26. The molecule has 1 aromatic rings. The highest BCUT2D eigenvalue weighted by Crippen LogP contribution is 2.30. The molecule has 0 unspecified atom stereocenters. The molecule has 2 nitrogen and oxygen atoms in total. The molecule has 1 aliphatic rings. The second kappa shape index (κ2) is 3.98. The van der Waals surface area contributed by atoms with E-state index in [1.807, 2.05) is 6.92 Å². The van der Waals surface area contributed by atoms with Crippen LogP contribution in [0.2, 0.25) is 19.6 Å². The number of rotatable bonds is 2. The van der Waals surface area contributed by atoms with Crippen LogP contribution >= 0.6 is 0 Å². The predicted octanol–water partition coefficient (Wildman–Crippen LogP) is 2.45. The predicted molar refractivity (Wildman–Crippen MR) is 68.7 cm³/mol. The van der Waals surface area contributed by atoms with Crippen molar-refractivity contribution in [1.82, 2.24) is 0 Å². The van der Waals surface area contributed by atoms with Crippen molar-refractivity contribution in [2.75, 3.05) is 13.2 Å². The molecule has 1 saturated heterocycles. The first-order chi connectivity index (χ1) is 7.42. The lowest BCUT2D eigenvalue weighted by Crippen LogP contribution is -2.38. The fourth-order valence-electron chi connectivity index (χ4n) is 1.95. The average Bonchev–Trinajstić information content (AvgIpc) is 2.66. The number of hydrogen-bond donors (Lipinski definition) is 0. The van der Waals surface area contributed by atoms with E-state index in [0.717, 1.165) is 5.56 Å². The van der Waals surface area contributed by atoms with Crippen LogP contribution in [0.4, 0.5) is 0 Å². The van der Waals surface area contributed by atoms with Crippen LogP contribution < -0.4 is 5.19 Å². The molecule has 0 amide bonds. The molecule has 1 aromatic carbocycles. The summed E-state index contributed by atoms with van der Waals surface area (Å²) < 4.78 is 11.4. The van der Waals surface area contributed by atoms with Gasteiger partial charge in [0.05, 0.1) is 21.3 Å². The zero-order valence-electron chi connectivity index (χ0n) is 10.5. The number of ether oxygens (including phenoxy) is 2. The SMILES string of the molecule is CC1(c2cccc([Si](C)(C)C)c2)OCCO1. The Hall–Kier alpha value is -0.643. The molecule has 0 bridgehead atoms. The molecular weight excluding hydrogens is 216 g/mol. The normalized spacial score (nSPS) is 20.0. The number of hydrogen-bond acceptors (Lipinski definition) is 2. The molecule has 88 valence electrons. The molecule has 1 fully saturated rings. The summed E-state index contributed by atoms with van der Waals surface area (Å²) in [4.78, 5) is 0. The maximum atomic E-state index is 5.69. The first-order valence-corrected chi connectivity index (χ1v) is 9.31. The van der Waals surface area contributed by atoms with Crippen LogP contribution in [0.25, 0.3) is 0 Å². The van der Waals surface area contributed by atoms with Crippen LogP contribution in [0, 0.1) is 0 Å². The van der Waals surface area contributed by atoms with Crippen molar-refractivity contribution < 1.29 is 9.47 Å². The molecule has 0 aromatic heterocycles. The van der Waals surface area contributed by atoms with E-state index in [9.17, 15) is 0 Å². The largest absolute Gasteiger partial charge is 0.344 e. The van der Waals surface area contributed by atoms with Gasteiger partial charge in [-0.3, -0.25) is 0 Å². The van der Waals surface area contributed by atoms with Crippen LogP contribution in [0.3, 0.4) is 0 Å². The second-order valence-electron chi connectivity index (χ2n) is 5.47. The van der Waals surface area contributed by atoms with Crippen LogP contribution in [-0.2, 0) is 15.3 Å². The lowest BCUT2D eigenvalue weighted by Gasteiger charge is -2.25. The van der Waals surface area contributed by atoms with Crippen LogP contribution in [0.15, 0.2) is 24.3 Å². The van der Waals surface area contributed by atoms with Crippen molar-refractivity contribution in [3.05, 3.63) is 29.8 Å². The van der Waals surface area contributed by atoms with Gasteiger partial charge in [0.2, 0.25) is 0 Å². The van der Waals surface area contributed by atoms with E-state index in [4.69, 9.17) is 9.47 Å². The first-order valence-electron chi connectivity index (χ1n) is 5.81. The minimum Gasteiger partial charge on any atom is -0.344 e. The Labute approximate surface area is 98.6 Å². The minimum atomic E-state index is -1.26. The molecule has 16 heavy (non-hydrogen) atoms.